The lowest BCUT2D eigenvalue weighted by atomic mass is 9.54. The molecule has 0 saturated carbocycles. The van der Waals surface area contributed by atoms with Crippen LogP contribution >= 0.6 is 0 Å². The molecule has 0 aromatic rings. The molecule has 1 saturated heterocycles. The van der Waals surface area contributed by atoms with Crippen molar-refractivity contribution in [3.05, 3.63) is 23.8 Å². The summed E-state index contributed by atoms with van der Waals surface area (Å²) < 4.78 is 5.32. The SMILES string of the molecule is CC1=CCC2C=CC(=O)C3OC(=O)CC1C23C. The van der Waals surface area contributed by atoms with E-state index in [-0.39, 0.29) is 23.1 Å². The largest absolute Gasteiger partial charge is 0.453 e. The van der Waals surface area contributed by atoms with E-state index in [4.69, 9.17) is 4.74 Å². The summed E-state index contributed by atoms with van der Waals surface area (Å²) in [4.78, 5) is 23.6. The van der Waals surface area contributed by atoms with E-state index in [1.165, 1.54) is 5.57 Å². The fourth-order valence-electron chi connectivity index (χ4n) is 3.64. The molecule has 2 aliphatic carbocycles. The summed E-state index contributed by atoms with van der Waals surface area (Å²) in [7, 11) is 0. The van der Waals surface area contributed by atoms with Crippen LogP contribution < -0.4 is 0 Å². The zero-order valence-electron chi connectivity index (χ0n) is 10.1. The van der Waals surface area contributed by atoms with Crippen LogP contribution in [0.3, 0.4) is 0 Å². The maximum atomic E-state index is 11.9. The van der Waals surface area contributed by atoms with Gasteiger partial charge in [0.2, 0.25) is 0 Å². The summed E-state index contributed by atoms with van der Waals surface area (Å²) in [5.41, 5.74) is 0.993. The molecule has 0 radical (unpaired) electrons. The molecule has 90 valence electrons. The van der Waals surface area contributed by atoms with Crippen molar-refractivity contribution in [3.8, 4) is 0 Å². The van der Waals surface area contributed by atoms with Gasteiger partial charge in [-0.25, -0.2) is 0 Å². The van der Waals surface area contributed by atoms with Crippen LogP contribution in [0.5, 0.6) is 0 Å². The first-order chi connectivity index (χ1) is 8.03. The minimum absolute atomic E-state index is 0.0588. The lowest BCUT2D eigenvalue weighted by molar-refractivity contribution is -0.181. The van der Waals surface area contributed by atoms with Crippen LogP contribution in [0.15, 0.2) is 23.8 Å². The summed E-state index contributed by atoms with van der Waals surface area (Å²) in [6, 6.07) is 0. The topological polar surface area (TPSA) is 43.4 Å². The molecule has 3 heteroatoms. The van der Waals surface area contributed by atoms with Gasteiger partial charge in [-0.15, -0.1) is 0 Å². The lowest BCUT2D eigenvalue weighted by Crippen LogP contribution is -2.57. The standard InChI is InChI=1S/C14H16O3/c1-8-3-4-9-5-6-11(15)13-14(9,2)10(8)7-12(16)17-13/h3,5-6,9-10,13H,4,7H2,1-2H3. The normalized spacial score (nSPS) is 43.9. The zero-order valence-corrected chi connectivity index (χ0v) is 10.1. The molecule has 0 aromatic carbocycles. The van der Waals surface area contributed by atoms with E-state index in [0.717, 1.165) is 6.42 Å². The Kier molecular flexibility index (Phi) is 2.09. The Morgan fingerprint density at radius 2 is 2.18 bits per heavy atom. The Balaban J connectivity index is 2.15. The van der Waals surface area contributed by atoms with Crippen LogP contribution in [0.1, 0.15) is 26.7 Å². The molecule has 1 fully saturated rings. The van der Waals surface area contributed by atoms with Crippen molar-refractivity contribution in [1.82, 2.24) is 0 Å². The summed E-state index contributed by atoms with van der Waals surface area (Å²) in [5, 5.41) is 0. The van der Waals surface area contributed by atoms with E-state index in [2.05, 4.69) is 19.9 Å². The van der Waals surface area contributed by atoms with Gasteiger partial charge < -0.3 is 4.74 Å². The first kappa shape index (κ1) is 10.8. The molecule has 3 rings (SSSR count). The van der Waals surface area contributed by atoms with E-state index < -0.39 is 6.10 Å². The number of carbonyl (C=O) groups is 2. The van der Waals surface area contributed by atoms with Gasteiger partial charge in [0.05, 0.1) is 6.42 Å². The minimum atomic E-state index is -0.576. The van der Waals surface area contributed by atoms with Crippen LogP contribution in [-0.4, -0.2) is 17.9 Å². The molecule has 0 amide bonds. The molecule has 0 bridgehead atoms. The predicted octanol–water partition coefficient (Wildman–Crippen LogP) is 2.03. The van der Waals surface area contributed by atoms with Gasteiger partial charge in [-0.2, -0.15) is 0 Å². The molecule has 1 aliphatic heterocycles. The smallest absolute Gasteiger partial charge is 0.307 e. The number of hydrogen-bond acceptors (Lipinski definition) is 3. The number of rotatable bonds is 0. The first-order valence-electron chi connectivity index (χ1n) is 6.11. The van der Waals surface area contributed by atoms with Crippen molar-refractivity contribution < 1.29 is 14.3 Å². The van der Waals surface area contributed by atoms with Crippen molar-refractivity contribution in [2.24, 2.45) is 17.3 Å². The molecular weight excluding hydrogens is 216 g/mol. The Labute approximate surface area is 101 Å². The second-order valence-electron chi connectivity index (χ2n) is 5.54. The zero-order chi connectivity index (χ0) is 12.2. The van der Waals surface area contributed by atoms with Gasteiger partial charge in [-0.1, -0.05) is 24.6 Å². The summed E-state index contributed by atoms with van der Waals surface area (Å²) in [6.45, 7) is 4.15. The highest BCUT2D eigenvalue weighted by molar-refractivity contribution is 5.97. The number of allylic oxidation sites excluding steroid dienone is 3. The molecule has 0 spiro atoms. The van der Waals surface area contributed by atoms with Crippen molar-refractivity contribution in [2.75, 3.05) is 0 Å². The van der Waals surface area contributed by atoms with Gasteiger partial charge in [-0.3, -0.25) is 9.59 Å². The quantitative estimate of drug-likeness (QED) is 0.474. The predicted molar refractivity (Wildman–Crippen MR) is 62.1 cm³/mol. The Bertz CT molecular complexity index is 460. The number of carbonyl (C=O) groups excluding carboxylic acids is 2. The molecule has 0 aromatic heterocycles. The van der Waals surface area contributed by atoms with E-state index in [9.17, 15) is 9.59 Å². The second kappa shape index (κ2) is 3.31. The Hall–Kier alpha value is -1.38. The minimum Gasteiger partial charge on any atom is -0.453 e. The van der Waals surface area contributed by atoms with Crippen molar-refractivity contribution in [2.45, 2.75) is 32.8 Å². The van der Waals surface area contributed by atoms with Gasteiger partial charge in [0.15, 0.2) is 11.9 Å². The van der Waals surface area contributed by atoms with E-state index in [0.29, 0.717) is 12.3 Å². The van der Waals surface area contributed by atoms with Crippen molar-refractivity contribution in [1.29, 1.82) is 0 Å². The summed E-state index contributed by atoms with van der Waals surface area (Å²) >= 11 is 0. The number of esters is 1. The maximum Gasteiger partial charge on any atom is 0.307 e. The average Bonchev–Trinajstić information content (AvgIpc) is 2.28. The van der Waals surface area contributed by atoms with E-state index in [1.54, 1.807) is 6.08 Å². The molecule has 17 heavy (non-hydrogen) atoms. The fourth-order valence-corrected chi connectivity index (χ4v) is 3.64. The van der Waals surface area contributed by atoms with Gasteiger partial charge in [0.25, 0.3) is 0 Å². The van der Waals surface area contributed by atoms with Gasteiger partial charge in [0, 0.05) is 5.41 Å². The van der Waals surface area contributed by atoms with Gasteiger partial charge in [0.1, 0.15) is 0 Å². The van der Waals surface area contributed by atoms with Crippen molar-refractivity contribution in [3.63, 3.8) is 0 Å². The molecule has 3 aliphatic rings. The van der Waals surface area contributed by atoms with Gasteiger partial charge in [-0.05, 0) is 31.3 Å². The molecule has 4 unspecified atom stereocenters. The molecule has 1 heterocycles. The highest BCUT2D eigenvalue weighted by Gasteiger charge is 2.57. The van der Waals surface area contributed by atoms with Crippen LogP contribution in [0.25, 0.3) is 0 Å². The fraction of sp³-hybridized carbons (Fsp3) is 0.571. The summed E-state index contributed by atoms with van der Waals surface area (Å²) in [6.07, 6.45) is 6.55. The third-order valence-electron chi connectivity index (χ3n) is 4.73. The van der Waals surface area contributed by atoms with Crippen LogP contribution in [-0.2, 0) is 14.3 Å². The van der Waals surface area contributed by atoms with Crippen molar-refractivity contribution >= 4 is 11.8 Å². The monoisotopic (exact) mass is 232 g/mol. The second-order valence-corrected chi connectivity index (χ2v) is 5.54. The first-order valence-corrected chi connectivity index (χ1v) is 6.11. The number of ketones is 1. The third-order valence-corrected chi connectivity index (χ3v) is 4.73. The molecular formula is C14H16O3. The number of hydrogen-bond donors (Lipinski definition) is 0. The van der Waals surface area contributed by atoms with Gasteiger partial charge >= 0.3 is 5.97 Å². The highest BCUT2D eigenvalue weighted by Crippen LogP contribution is 2.54. The third kappa shape index (κ3) is 1.28. The summed E-state index contributed by atoms with van der Waals surface area (Å²) in [5.74, 6) is 0.166. The average molecular weight is 232 g/mol. The highest BCUT2D eigenvalue weighted by atomic mass is 16.5. The van der Waals surface area contributed by atoms with Crippen LogP contribution in [0.4, 0.5) is 0 Å². The van der Waals surface area contributed by atoms with Crippen LogP contribution in [0, 0.1) is 17.3 Å². The molecule has 3 nitrogen and oxygen atoms in total. The van der Waals surface area contributed by atoms with Crippen LogP contribution in [0.2, 0.25) is 0 Å². The lowest BCUT2D eigenvalue weighted by Gasteiger charge is -2.53. The Morgan fingerprint density at radius 3 is 2.94 bits per heavy atom. The molecule has 0 N–H and O–H groups in total. The Morgan fingerprint density at radius 1 is 1.41 bits per heavy atom. The maximum absolute atomic E-state index is 11.9. The molecule has 4 atom stereocenters. The van der Waals surface area contributed by atoms with E-state index >= 15 is 0 Å². The van der Waals surface area contributed by atoms with E-state index in [1.807, 2.05) is 6.08 Å². The number of ether oxygens (including phenoxy) is 1.